The van der Waals surface area contributed by atoms with Gasteiger partial charge in [0.15, 0.2) is 0 Å². The second-order valence-corrected chi connectivity index (χ2v) is 16.7. The highest BCUT2D eigenvalue weighted by Gasteiger charge is 2.20. The zero-order valence-electron chi connectivity index (χ0n) is 32.7. The van der Waals surface area contributed by atoms with E-state index in [2.05, 4.69) is 229 Å². The van der Waals surface area contributed by atoms with Crippen molar-refractivity contribution >= 4 is 91.7 Å². The fraction of sp³-hybridized carbons (Fsp3) is 0. The second kappa shape index (κ2) is 14.1. The van der Waals surface area contributed by atoms with E-state index < -0.39 is 0 Å². The first-order valence-corrected chi connectivity index (χ1v) is 21.4. The monoisotopic (exact) mass is 779 g/mol. The summed E-state index contributed by atoms with van der Waals surface area (Å²) in [4.78, 5) is 2.45. The van der Waals surface area contributed by atoms with Crippen molar-refractivity contribution in [3.63, 3.8) is 0 Å². The molecule has 0 bridgehead atoms. The number of fused-ring (bicyclic) bond motifs is 8. The molecule has 60 heavy (non-hydrogen) atoms. The fourth-order valence-corrected chi connectivity index (χ4v) is 10.7. The normalized spacial score (nSPS) is 11.7. The molecule has 0 aliphatic carbocycles. The van der Waals surface area contributed by atoms with Crippen LogP contribution in [0.15, 0.2) is 224 Å². The van der Waals surface area contributed by atoms with Crippen LogP contribution in [0.5, 0.6) is 0 Å². The van der Waals surface area contributed by atoms with Crippen LogP contribution in [0.3, 0.4) is 0 Å². The van der Waals surface area contributed by atoms with Gasteiger partial charge in [0, 0.05) is 37.2 Å². The molecule has 0 saturated carbocycles. The SMILES string of the molecule is c1ccc(-c2cccc3cccc(-c4ccc(N(c5cc(-c6cccc7ccccc67)c6ccccc6c5)c5ccc6c(c5)sc5c7ccccc7ccc65)cc4)c23)cc1. The number of anilines is 3. The number of hydrogen-bond acceptors (Lipinski definition) is 2. The summed E-state index contributed by atoms with van der Waals surface area (Å²) >= 11 is 1.89. The molecule has 0 N–H and O–H groups in total. The predicted octanol–water partition coefficient (Wildman–Crippen LogP) is 17.1. The van der Waals surface area contributed by atoms with Gasteiger partial charge in [-0.25, -0.2) is 0 Å². The van der Waals surface area contributed by atoms with Crippen LogP contribution in [0.4, 0.5) is 17.1 Å². The lowest BCUT2D eigenvalue weighted by Crippen LogP contribution is -2.10. The lowest BCUT2D eigenvalue weighted by atomic mass is 9.91. The van der Waals surface area contributed by atoms with Crippen LogP contribution in [0, 0.1) is 0 Å². The lowest BCUT2D eigenvalue weighted by Gasteiger charge is -2.27. The maximum Gasteiger partial charge on any atom is 0.0476 e. The smallest absolute Gasteiger partial charge is 0.0476 e. The third-order valence-corrected chi connectivity index (χ3v) is 13.4. The number of thiophene rings is 1. The average Bonchev–Trinajstić information content (AvgIpc) is 3.70. The molecule has 0 atom stereocenters. The maximum absolute atomic E-state index is 2.45. The highest BCUT2D eigenvalue weighted by Crippen LogP contribution is 2.46. The van der Waals surface area contributed by atoms with E-state index in [0.29, 0.717) is 0 Å². The third kappa shape index (κ3) is 5.68. The highest BCUT2D eigenvalue weighted by atomic mass is 32.1. The molecule has 1 heterocycles. The van der Waals surface area contributed by atoms with Crippen LogP contribution >= 0.6 is 11.3 Å². The first kappa shape index (κ1) is 34.5. The number of benzene rings is 11. The van der Waals surface area contributed by atoms with E-state index in [1.807, 2.05) is 11.3 Å². The van der Waals surface area contributed by atoms with Gasteiger partial charge in [0.25, 0.3) is 0 Å². The van der Waals surface area contributed by atoms with Crippen molar-refractivity contribution in [3.05, 3.63) is 224 Å². The van der Waals surface area contributed by atoms with Crippen LogP contribution in [0.25, 0.3) is 96.6 Å². The Morgan fingerprint density at radius 1 is 0.283 bits per heavy atom. The molecule has 0 fully saturated rings. The predicted molar refractivity (Wildman–Crippen MR) is 260 cm³/mol. The zero-order chi connectivity index (χ0) is 39.6. The maximum atomic E-state index is 2.45. The Kier molecular flexibility index (Phi) is 8.11. The molecule has 11 aromatic carbocycles. The molecule has 0 spiro atoms. The third-order valence-electron chi connectivity index (χ3n) is 12.2. The highest BCUT2D eigenvalue weighted by molar-refractivity contribution is 7.26. The quantitative estimate of drug-likeness (QED) is 0.162. The van der Waals surface area contributed by atoms with E-state index in [4.69, 9.17) is 0 Å². The molecule has 0 amide bonds. The molecule has 1 aromatic heterocycles. The summed E-state index contributed by atoms with van der Waals surface area (Å²) < 4.78 is 2.62. The van der Waals surface area contributed by atoms with Gasteiger partial charge in [-0.1, -0.05) is 188 Å². The lowest BCUT2D eigenvalue weighted by molar-refractivity contribution is 1.30. The van der Waals surface area contributed by atoms with E-state index in [1.54, 1.807) is 0 Å². The minimum atomic E-state index is 1.10. The van der Waals surface area contributed by atoms with Gasteiger partial charge in [-0.3, -0.25) is 0 Å². The molecule has 1 nitrogen and oxygen atoms in total. The summed E-state index contributed by atoms with van der Waals surface area (Å²) in [6.07, 6.45) is 0. The van der Waals surface area contributed by atoms with E-state index in [0.717, 1.165) is 17.1 Å². The fourth-order valence-electron chi connectivity index (χ4n) is 9.42. The molecule has 0 aliphatic heterocycles. The van der Waals surface area contributed by atoms with Crippen LogP contribution in [-0.2, 0) is 0 Å². The number of nitrogens with zero attached hydrogens (tertiary/aromatic N) is 1. The van der Waals surface area contributed by atoms with Crippen molar-refractivity contribution in [2.45, 2.75) is 0 Å². The van der Waals surface area contributed by atoms with Crippen molar-refractivity contribution in [2.24, 2.45) is 0 Å². The molecule has 0 unspecified atom stereocenters. The van der Waals surface area contributed by atoms with Crippen LogP contribution < -0.4 is 4.90 Å². The van der Waals surface area contributed by atoms with Crippen LogP contribution in [0.1, 0.15) is 0 Å². The van der Waals surface area contributed by atoms with Gasteiger partial charge >= 0.3 is 0 Å². The van der Waals surface area contributed by atoms with Gasteiger partial charge < -0.3 is 4.90 Å². The van der Waals surface area contributed by atoms with Crippen molar-refractivity contribution in [1.29, 1.82) is 0 Å². The molecular weight excluding hydrogens is 743 g/mol. The Hall–Kier alpha value is -7.52. The van der Waals surface area contributed by atoms with Gasteiger partial charge in [-0.05, 0) is 113 Å². The van der Waals surface area contributed by atoms with Gasteiger partial charge in [0.1, 0.15) is 0 Å². The summed E-state index contributed by atoms with van der Waals surface area (Å²) in [6, 6.07) is 82.6. The zero-order valence-corrected chi connectivity index (χ0v) is 33.5. The van der Waals surface area contributed by atoms with E-state index >= 15 is 0 Å². The van der Waals surface area contributed by atoms with Crippen molar-refractivity contribution in [2.75, 3.05) is 4.90 Å². The number of hydrogen-bond donors (Lipinski definition) is 0. The number of rotatable bonds is 6. The Bertz CT molecular complexity index is 3590. The van der Waals surface area contributed by atoms with Crippen LogP contribution in [-0.4, -0.2) is 0 Å². The second-order valence-electron chi connectivity index (χ2n) is 15.6. The first-order chi connectivity index (χ1) is 29.7. The summed E-state index contributed by atoms with van der Waals surface area (Å²) in [5.41, 5.74) is 10.7. The summed E-state index contributed by atoms with van der Waals surface area (Å²) in [5, 5.41) is 12.6. The minimum Gasteiger partial charge on any atom is -0.310 e. The molecular formula is C58H37NS. The van der Waals surface area contributed by atoms with E-state index in [1.165, 1.54) is 96.6 Å². The summed E-state index contributed by atoms with van der Waals surface area (Å²) in [6.45, 7) is 0. The topological polar surface area (TPSA) is 3.24 Å². The molecule has 12 aromatic rings. The summed E-state index contributed by atoms with van der Waals surface area (Å²) in [5.74, 6) is 0. The standard InChI is InChI=1S/C58H37NS/c1-2-13-39(14-3-1)49-24-11-19-42-20-12-25-50(57(42)49)41-27-30-44(31-28-41)59(45-32-34-53-54-33-29-40-16-5-9-23-51(40)58(54)60-56(53)37-45)46-35-43-17-6-8-22-48(43)55(36-46)52-26-10-18-38-15-4-7-21-47(38)52/h1-37H. The van der Waals surface area contributed by atoms with E-state index in [-0.39, 0.29) is 0 Å². The minimum absolute atomic E-state index is 1.10. The summed E-state index contributed by atoms with van der Waals surface area (Å²) in [7, 11) is 0. The molecule has 280 valence electrons. The van der Waals surface area contributed by atoms with Crippen molar-refractivity contribution in [3.8, 4) is 33.4 Å². The van der Waals surface area contributed by atoms with Crippen molar-refractivity contribution < 1.29 is 0 Å². The Labute approximate surface area is 352 Å². The van der Waals surface area contributed by atoms with Crippen molar-refractivity contribution in [1.82, 2.24) is 0 Å². The Balaban J connectivity index is 1.07. The van der Waals surface area contributed by atoms with Gasteiger partial charge in [0.2, 0.25) is 0 Å². The first-order valence-electron chi connectivity index (χ1n) is 20.6. The average molecular weight is 780 g/mol. The van der Waals surface area contributed by atoms with E-state index in [9.17, 15) is 0 Å². The largest absolute Gasteiger partial charge is 0.310 e. The Morgan fingerprint density at radius 3 is 1.58 bits per heavy atom. The molecule has 12 rings (SSSR count). The van der Waals surface area contributed by atoms with Gasteiger partial charge in [-0.2, -0.15) is 0 Å². The Morgan fingerprint density at radius 2 is 0.833 bits per heavy atom. The van der Waals surface area contributed by atoms with Crippen LogP contribution in [0.2, 0.25) is 0 Å². The molecule has 0 aliphatic rings. The molecule has 2 heteroatoms. The molecule has 0 radical (unpaired) electrons. The van der Waals surface area contributed by atoms with Gasteiger partial charge in [0.05, 0.1) is 0 Å². The van der Waals surface area contributed by atoms with Gasteiger partial charge in [-0.15, -0.1) is 11.3 Å². The molecule has 0 saturated heterocycles.